The van der Waals surface area contributed by atoms with Gasteiger partial charge in [0.15, 0.2) is 0 Å². The van der Waals surface area contributed by atoms with Gasteiger partial charge in [0.2, 0.25) is 0 Å². The van der Waals surface area contributed by atoms with Gasteiger partial charge in [-0.2, -0.15) is 0 Å². The number of nitrogens with zero attached hydrogens (tertiary/aromatic N) is 1. The van der Waals surface area contributed by atoms with Gasteiger partial charge in [-0.1, -0.05) is 6.92 Å². The average Bonchev–Trinajstić information content (AvgIpc) is 2.73. The summed E-state index contributed by atoms with van der Waals surface area (Å²) >= 11 is 0. The third-order valence-corrected chi connectivity index (χ3v) is 4.87. The molecule has 0 N–H and O–H groups in total. The van der Waals surface area contributed by atoms with E-state index in [0.29, 0.717) is 0 Å². The molecular weight excluding hydrogens is 146 g/mol. The second-order valence-electron chi connectivity index (χ2n) is 5.03. The highest BCUT2D eigenvalue weighted by Crippen LogP contribution is 2.57. The fourth-order valence-corrected chi connectivity index (χ4v) is 4.19. The Bertz CT molecular complexity index is 183. The fraction of sp³-hybridized carbons (Fsp3) is 1.00. The maximum absolute atomic E-state index is 2.78. The number of hydrogen-bond acceptors (Lipinski definition) is 1. The maximum atomic E-state index is 2.78. The normalized spacial score (nSPS) is 51.8. The fourth-order valence-electron chi connectivity index (χ4n) is 4.19. The summed E-state index contributed by atoms with van der Waals surface area (Å²) in [6.45, 7) is 5.23. The maximum Gasteiger partial charge on any atom is 0.0181 e. The first kappa shape index (κ1) is 7.37. The Kier molecular flexibility index (Phi) is 1.39. The van der Waals surface area contributed by atoms with Gasteiger partial charge in [0.25, 0.3) is 0 Å². The van der Waals surface area contributed by atoms with Crippen molar-refractivity contribution in [3.63, 3.8) is 0 Å². The van der Waals surface area contributed by atoms with Gasteiger partial charge in [0, 0.05) is 6.04 Å². The molecule has 2 aliphatic heterocycles. The van der Waals surface area contributed by atoms with E-state index in [9.17, 15) is 0 Å². The van der Waals surface area contributed by atoms with Crippen LogP contribution in [0.2, 0.25) is 0 Å². The molecule has 3 aliphatic rings. The second kappa shape index (κ2) is 2.25. The van der Waals surface area contributed by atoms with Gasteiger partial charge in [-0.15, -0.1) is 0 Å². The van der Waals surface area contributed by atoms with E-state index in [1.807, 2.05) is 0 Å². The minimum atomic E-state index is 0.779. The summed E-state index contributed by atoms with van der Waals surface area (Å²) in [6.07, 6.45) is 7.52. The zero-order chi connectivity index (χ0) is 8.18. The summed E-state index contributed by atoms with van der Waals surface area (Å²) in [4.78, 5) is 2.78. The third kappa shape index (κ3) is 0.693. The highest BCUT2D eigenvalue weighted by Gasteiger charge is 2.55. The van der Waals surface area contributed by atoms with E-state index in [1.54, 1.807) is 0 Å². The van der Waals surface area contributed by atoms with Crippen molar-refractivity contribution in [3.05, 3.63) is 0 Å². The van der Waals surface area contributed by atoms with E-state index >= 15 is 0 Å². The van der Waals surface area contributed by atoms with Crippen LogP contribution in [-0.4, -0.2) is 24.0 Å². The van der Waals surface area contributed by atoms with Crippen LogP contribution in [0, 0.1) is 11.3 Å². The summed E-state index contributed by atoms with van der Waals surface area (Å²) in [7, 11) is 0. The van der Waals surface area contributed by atoms with Crippen molar-refractivity contribution < 1.29 is 0 Å². The lowest BCUT2D eigenvalue weighted by atomic mass is 9.79. The van der Waals surface area contributed by atoms with Crippen LogP contribution in [0.5, 0.6) is 0 Å². The lowest BCUT2D eigenvalue weighted by Crippen LogP contribution is -2.33. The van der Waals surface area contributed by atoms with Crippen LogP contribution in [0.3, 0.4) is 0 Å². The van der Waals surface area contributed by atoms with Gasteiger partial charge in [-0.05, 0) is 56.5 Å². The predicted octanol–water partition coefficient (Wildman–Crippen LogP) is 2.27. The molecule has 0 aromatic carbocycles. The molecule has 0 bridgehead atoms. The Morgan fingerprint density at radius 2 is 2.17 bits per heavy atom. The standard InChI is InChI=1S/C11H19N/c1-2-11-5-3-9-4-7-12(8-6-11)10(9)11/h9-10H,2-8H2,1H3/t9-,10+,11+/m1/s1. The smallest absolute Gasteiger partial charge is 0.0181 e. The van der Waals surface area contributed by atoms with Gasteiger partial charge in [0.05, 0.1) is 0 Å². The van der Waals surface area contributed by atoms with Crippen LogP contribution in [0.25, 0.3) is 0 Å². The summed E-state index contributed by atoms with van der Waals surface area (Å²) in [6, 6.07) is 1.02. The van der Waals surface area contributed by atoms with Crippen molar-refractivity contribution >= 4 is 0 Å². The summed E-state index contributed by atoms with van der Waals surface area (Å²) in [5, 5.41) is 0. The molecule has 0 spiro atoms. The Hall–Kier alpha value is -0.0400. The zero-order valence-electron chi connectivity index (χ0n) is 8.05. The third-order valence-electron chi connectivity index (χ3n) is 4.87. The van der Waals surface area contributed by atoms with Crippen molar-refractivity contribution in [2.45, 2.75) is 45.1 Å². The lowest BCUT2D eigenvalue weighted by Gasteiger charge is -2.29. The molecule has 0 aromatic rings. The molecule has 0 radical (unpaired) electrons. The molecule has 1 nitrogen and oxygen atoms in total. The molecule has 0 aromatic heterocycles. The first-order chi connectivity index (χ1) is 5.86. The SMILES string of the molecule is CC[C@]12CC[C@@H]3CCN(CC1)[C@@H]32. The van der Waals surface area contributed by atoms with Crippen LogP contribution < -0.4 is 0 Å². The lowest BCUT2D eigenvalue weighted by molar-refractivity contribution is 0.202. The van der Waals surface area contributed by atoms with E-state index < -0.39 is 0 Å². The highest BCUT2D eigenvalue weighted by atomic mass is 15.2. The molecule has 1 heteroatoms. The van der Waals surface area contributed by atoms with Crippen LogP contribution >= 0.6 is 0 Å². The minimum Gasteiger partial charge on any atom is -0.300 e. The van der Waals surface area contributed by atoms with Crippen molar-refractivity contribution in [2.24, 2.45) is 11.3 Å². The van der Waals surface area contributed by atoms with Gasteiger partial charge >= 0.3 is 0 Å². The first-order valence-electron chi connectivity index (χ1n) is 5.60. The van der Waals surface area contributed by atoms with Gasteiger partial charge < -0.3 is 0 Å². The van der Waals surface area contributed by atoms with Crippen molar-refractivity contribution in [3.8, 4) is 0 Å². The number of hydrogen-bond donors (Lipinski definition) is 0. The molecule has 3 fully saturated rings. The van der Waals surface area contributed by atoms with Crippen molar-refractivity contribution in [2.75, 3.05) is 13.1 Å². The molecule has 12 heavy (non-hydrogen) atoms. The molecule has 0 amide bonds. The van der Waals surface area contributed by atoms with E-state index in [-0.39, 0.29) is 0 Å². The topological polar surface area (TPSA) is 3.24 Å². The summed E-state index contributed by atoms with van der Waals surface area (Å²) < 4.78 is 0. The Balaban J connectivity index is 1.96. The first-order valence-corrected chi connectivity index (χ1v) is 5.60. The average molecular weight is 165 g/mol. The predicted molar refractivity (Wildman–Crippen MR) is 50.0 cm³/mol. The van der Waals surface area contributed by atoms with E-state index in [2.05, 4.69) is 11.8 Å². The molecule has 2 heterocycles. The van der Waals surface area contributed by atoms with E-state index in [0.717, 1.165) is 17.4 Å². The quantitative estimate of drug-likeness (QED) is 0.576. The Labute approximate surface area is 75.1 Å². The Morgan fingerprint density at radius 1 is 1.25 bits per heavy atom. The second-order valence-corrected chi connectivity index (χ2v) is 5.03. The van der Waals surface area contributed by atoms with Crippen molar-refractivity contribution in [1.29, 1.82) is 0 Å². The van der Waals surface area contributed by atoms with E-state index in [1.165, 1.54) is 45.2 Å². The van der Waals surface area contributed by atoms with Crippen LogP contribution in [0.4, 0.5) is 0 Å². The summed E-state index contributed by atoms with van der Waals surface area (Å²) in [5.74, 6) is 1.09. The van der Waals surface area contributed by atoms with Gasteiger partial charge in [0.1, 0.15) is 0 Å². The molecule has 1 saturated carbocycles. The van der Waals surface area contributed by atoms with Crippen LogP contribution in [0.1, 0.15) is 39.0 Å². The molecule has 3 atom stereocenters. The van der Waals surface area contributed by atoms with Crippen LogP contribution in [-0.2, 0) is 0 Å². The molecule has 68 valence electrons. The molecule has 1 aliphatic carbocycles. The molecule has 3 rings (SSSR count). The minimum absolute atomic E-state index is 0.779. The van der Waals surface area contributed by atoms with Crippen molar-refractivity contribution in [1.82, 2.24) is 4.90 Å². The highest BCUT2D eigenvalue weighted by molar-refractivity contribution is 5.09. The van der Waals surface area contributed by atoms with Gasteiger partial charge in [-0.3, -0.25) is 4.90 Å². The molecular formula is C11H19N. The largest absolute Gasteiger partial charge is 0.300 e. The van der Waals surface area contributed by atoms with Gasteiger partial charge in [-0.25, -0.2) is 0 Å². The Morgan fingerprint density at radius 3 is 3.00 bits per heavy atom. The zero-order valence-corrected chi connectivity index (χ0v) is 8.05. The monoisotopic (exact) mass is 165 g/mol. The summed E-state index contributed by atoms with van der Waals surface area (Å²) in [5.41, 5.74) is 0.779. The van der Waals surface area contributed by atoms with Crippen LogP contribution in [0.15, 0.2) is 0 Å². The molecule has 2 saturated heterocycles. The number of rotatable bonds is 1. The van der Waals surface area contributed by atoms with E-state index in [4.69, 9.17) is 0 Å². The molecule has 0 unspecified atom stereocenters.